The van der Waals surface area contributed by atoms with Gasteiger partial charge in [-0.1, -0.05) is 0 Å². The highest BCUT2D eigenvalue weighted by Crippen LogP contribution is 2.33. The Morgan fingerprint density at radius 3 is 2.16 bits per heavy atom. The third-order valence-corrected chi connectivity index (χ3v) is 3.68. The van der Waals surface area contributed by atoms with Crippen molar-refractivity contribution in [3.8, 4) is 5.75 Å². The molecule has 0 unspecified atom stereocenters. The van der Waals surface area contributed by atoms with E-state index in [0.29, 0.717) is 25.9 Å². The zero-order valence-corrected chi connectivity index (χ0v) is 12.8. The third kappa shape index (κ3) is 3.27. The van der Waals surface area contributed by atoms with Crippen LogP contribution in [0.3, 0.4) is 0 Å². The van der Waals surface area contributed by atoms with Crippen molar-refractivity contribution < 1.29 is 9.90 Å². The maximum atomic E-state index is 12.0. The van der Waals surface area contributed by atoms with Gasteiger partial charge in [0.15, 0.2) is 0 Å². The molecule has 0 heterocycles. The highest BCUT2D eigenvalue weighted by molar-refractivity contribution is 9.11. The van der Waals surface area contributed by atoms with E-state index in [9.17, 15) is 9.90 Å². The minimum Gasteiger partial charge on any atom is -0.508 e. The summed E-state index contributed by atoms with van der Waals surface area (Å²) >= 11 is 6.69. The Labute approximate surface area is 126 Å². The van der Waals surface area contributed by atoms with Crippen LogP contribution in [0.5, 0.6) is 5.75 Å². The zero-order chi connectivity index (χ0) is 14.0. The number of nitrogens with two attached hydrogens (primary N) is 1. The van der Waals surface area contributed by atoms with Crippen LogP contribution in [-0.2, 0) is 0 Å². The highest BCUT2D eigenvalue weighted by atomic mass is 79.9. The molecule has 0 spiro atoms. The lowest BCUT2D eigenvalue weighted by Gasteiger charge is -2.10. The highest BCUT2D eigenvalue weighted by Gasteiger charge is 2.12. The summed E-state index contributed by atoms with van der Waals surface area (Å²) in [4.78, 5) is 12.0. The molecule has 0 radical (unpaired) electrons. The van der Waals surface area contributed by atoms with E-state index >= 15 is 0 Å². The van der Waals surface area contributed by atoms with Gasteiger partial charge in [-0.3, -0.25) is 4.79 Å². The van der Waals surface area contributed by atoms with Gasteiger partial charge in [-0.05, 0) is 68.3 Å². The lowest BCUT2D eigenvalue weighted by atomic mass is 10.2. The molecule has 6 heteroatoms. The molecule has 0 aromatic heterocycles. The molecule has 0 saturated heterocycles. The Hall–Kier alpha value is -1.53. The van der Waals surface area contributed by atoms with Crippen molar-refractivity contribution in [2.45, 2.75) is 0 Å². The molecule has 0 aliphatic carbocycles. The molecule has 0 atom stereocenters. The molecule has 1 amide bonds. The van der Waals surface area contributed by atoms with E-state index in [1.807, 2.05) is 0 Å². The molecular formula is C13H10Br2N2O2. The van der Waals surface area contributed by atoms with Crippen LogP contribution in [0.1, 0.15) is 10.4 Å². The van der Waals surface area contributed by atoms with E-state index in [-0.39, 0.29) is 11.7 Å². The van der Waals surface area contributed by atoms with Gasteiger partial charge in [-0.25, -0.2) is 0 Å². The summed E-state index contributed by atoms with van der Waals surface area (Å²) in [6, 6.07) is 9.42. The minimum atomic E-state index is -0.272. The van der Waals surface area contributed by atoms with Crippen molar-refractivity contribution in [2.75, 3.05) is 11.1 Å². The molecule has 4 N–H and O–H groups in total. The second kappa shape index (κ2) is 5.63. The van der Waals surface area contributed by atoms with Gasteiger partial charge in [-0.2, -0.15) is 0 Å². The lowest BCUT2D eigenvalue weighted by molar-refractivity contribution is 0.102. The number of phenolic OH excluding ortho intramolecular Hbond substituents is 1. The summed E-state index contributed by atoms with van der Waals surface area (Å²) in [5.74, 6) is -0.155. The molecule has 0 aliphatic rings. The maximum absolute atomic E-state index is 12.0. The van der Waals surface area contributed by atoms with Gasteiger partial charge < -0.3 is 16.2 Å². The van der Waals surface area contributed by atoms with Crippen LogP contribution in [0.15, 0.2) is 45.3 Å². The summed E-state index contributed by atoms with van der Waals surface area (Å²) in [6.07, 6.45) is 0. The number of halogens is 2. The fourth-order valence-corrected chi connectivity index (χ4v) is 2.93. The van der Waals surface area contributed by atoms with Crippen LogP contribution in [0.25, 0.3) is 0 Å². The summed E-state index contributed by atoms with van der Waals surface area (Å²) in [5, 5.41) is 12.0. The molecule has 4 nitrogen and oxygen atoms in total. The summed E-state index contributed by atoms with van der Waals surface area (Å²) in [6.45, 7) is 0. The zero-order valence-electron chi connectivity index (χ0n) is 9.65. The molecule has 2 aromatic rings. The van der Waals surface area contributed by atoms with E-state index in [1.54, 1.807) is 24.3 Å². The summed E-state index contributed by atoms with van der Waals surface area (Å²) < 4.78 is 1.37. The molecule has 0 bridgehead atoms. The first kappa shape index (κ1) is 13.9. The smallest absolute Gasteiger partial charge is 0.255 e. The number of nitrogens with one attached hydrogen (secondary N) is 1. The quantitative estimate of drug-likeness (QED) is 0.689. The normalized spacial score (nSPS) is 10.2. The number of carbonyl (C=O) groups excluding carboxylic acids is 1. The SMILES string of the molecule is Nc1cc(Br)c(NC(=O)c2ccc(O)cc2)c(Br)c1. The van der Waals surface area contributed by atoms with Crippen LogP contribution in [0, 0.1) is 0 Å². The largest absolute Gasteiger partial charge is 0.508 e. The fourth-order valence-electron chi connectivity index (χ4n) is 1.51. The second-order valence-electron chi connectivity index (χ2n) is 3.86. The number of anilines is 2. The Morgan fingerprint density at radius 1 is 1.11 bits per heavy atom. The van der Waals surface area contributed by atoms with Gasteiger partial charge in [0.1, 0.15) is 5.75 Å². The predicted molar refractivity (Wildman–Crippen MR) is 82.3 cm³/mol. The van der Waals surface area contributed by atoms with Crippen molar-refractivity contribution in [1.82, 2.24) is 0 Å². The van der Waals surface area contributed by atoms with Crippen molar-refractivity contribution >= 4 is 49.1 Å². The Kier molecular flexibility index (Phi) is 4.11. The number of phenols is 1. The van der Waals surface area contributed by atoms with Crippen LogP contribution >= 0.6 is 31.9 Å². The van der Waals surface area contributed by atoms with Gasteiger partial charge in [-0.15, -0.1) is 0 Å². The van der Waals surface area contributed by atoms with Gasteiger partial charge >= 0.3 is 0 Å². The van der Waals surface area contributed by atoms with Gasteiger partial charge in [0.2, 0.25) is 0 Å². The third-order valence-electron chi connectivity index (χ3n) is 2.43. The molecule has 2 aromatic carbocycles. The van der Waals surface area contributed by atoms with Crippen molar-refractivity contribution in [3.63, 3.8) is 0 Å². The second-order valence-corrected chi connectivity index (χ2v) is 5.57. The van der Waals surface area contributed by atoms with Crippen LogP contribution < -0.4 is 11.1 Å². The summed E-state index contributed by atoms with van der Waals surface area (Å²) in [5.41, 5.74) is 7.33. The molecule has 0 saturated carbocycles. The first-order chi connectivity index (χ1) is 8.97. The van der Waals surface area contributed by atoms with Gasteiger partial charge in [0, 0.05) is 20.2 Å². The number of benzene rings is 2. The van der Waals surface area contributed by atoms with E-state index in [0.717, 1.165) is 0 Å². The Morgan fingerprint density at radius 2 is 1.63 bits per heavy atom. The first-order valence-electron chi connectivity index (χ1n) is 5.32. The number of rotatable bonds is 2. The number of hydrogen-bond acceptors (Lipinski definition) is 3. The standard InChI is InChI=1S/C13H10Br2N2O2/c14-10-5-8(16)6-11(15)12(10)17-13(19)7-1-3-9(18)4-2-7/h1-6,18H,16H2,(H,17,19). The van der Waals surface area contributed by atoms with Crippen LogP contribution in [0.2, 0.25) is 0 Å². The van der Waals surface area contributed by atoms with E-state index < -0.39 is 0 Å². The predicted octanol–water partition coefficient (Wildman–Crippen LogP) is 3.75. The first-order valence-corrected chi connectivity index (χ1v) is 6.91. The van der Waals surface area contributed by atoms with E-state index in [2.05, 4.69) is 37.2 Å². The summed E-state index contributed by atoms with van der Waals surface area (Å²) in [7, 11) is 0. The van der Waals surface area contributed by atoms with E-state index in [1.165, 1.54) is 12.1 Å². The number of carbonyl (C=O) groups is 1. The number of aromatic hydroxyl groups is 1. The maximum Gasteiger partial charge on any atom is 0.255 e. The van der Waals surface area contributed by atoms with Gasteiger partial charge in [0.05, 0.1) is 5.69 Å². The average Bonchev–Trinajstić information content (AvgIpc) is 2.34. The van der Waals surface area contributed by atoms with E-state index in [4.69, 9.17) is 5.73 Å². The number of nitrogen functional groups attached to an aromatic ring is 1. The molecule has 98 valence electrons. The fraction of sp³-hybridized carbons (Fsp3) is 0. The average molecular weight is 386 g/mol. The lowest BCUT2D eigenvalue weighted by Crippen LogP contribution is -2.12. The van der Waals surface area contributed by atoms with Crippen molar-refractivity contribution in [3.05, 3.63) is 50.9 Å². The molecule has 2 rings (SSSR count). The number of hydrogen-bond donors (Lipinski definition) is 3. The van der Waals surface area contributed by atoms with Crippen LogP contribution in [0.4, 0.5) is 11.4 Å². The molecule has 0 fully saturated rings. The molecular weight excluding hydrogens is 376 g/mol. The van der Waals surface area contributed by atoms with Crippen molar-refractivity contribution in [2.24, 2.45) is 0 Å². The Bertz CT molecular complexity index is 604. The van der Waals surface area contributed by atoms with Crippen molar-refractivity contribution in [1.29, 1.82) is 0 Å². The number of amides is 1. The van der Waals surface area contributed by atoms with Gasteiger partial charge in [0.25, 0.3) is 5.91 Å². The van der Waals surface area contributed by atoms with Crippen LogP contribution in [-0.4, -0.2) is 11.0 Å². The monoisotopic (exact) mass is 384 g/mol. The molecule has 19 heavy (non-hydrogen) atoms. The Balaban J connectivity index is 2.26. The minimum absolute atomic E-state index is 0.117. The molecule has 0 aliphatic heterocycles. The topological polar surface area (TPSA) is 75.3 Å².